The standard InChI is InChI=1S/C18H16N2O2S/c1-12-7-9-14-16(11-12)23-18(19-14)20-17(21)10-8-13-5-3-4-6-15(13)22-2/h3-11H,1-2H3,(H,19,20,21). The first-order valence-corrected chi connectivity index (χ1v) is 7.96. The Morgan fingerprint density at radius 3 is 2.91 bits per heavy atom. The van der Waals surface area contributed by atoms with Gasteiger partial charge < -0.3 is 4.74 Å². The van der Waals surface area contributed by atoms with Crippen molar-refractivity contribution in [3.8, 4) is 5.75 Å². The molecule has 0 unspecified atom stereocenters. The van der Waals surface area contributed by atoms with Crippen LogP contribution in [0.2, 0.25) is 0 Å². The number of methoxy groups -OCH3 is 1. The summed E-state index contributed by atoms with van der Waals surface area (Å²) in [7, 11) is 1.61. The van der Waals surface area contributed by atoms with Gasteiger partial charge in [-0.3, -0.25) is 10.1 Å². The molecule has 0 saturated heterocycles. The minimum Gasteiger partial charge on any atom is -0.496 e. The molecule has 0 spiro atoms. The number of ether oxygens (including phenoxy) is 1. The molecule has 0 aliphatic heterocycles. The molecule has 5 heteroatoms. The third-order valence-electron chi connectivity index (χ3n) is 3.33. The predicted octanol–water partition coefficient (Wildman–Crippen LogP) is 4.27. The number of thiazole rings is 1. The molecule has 116 valence electrons. The number of nitrogens with zero attached hydrogens (tertiary/aromatic N) is 1. The average Bonchev–Trinajstić information content (AvgIpc) is 2.94. The fraction of sp³-hybridized carbons (Fsp3) is 0.111. The van der Waals surface area contributed by atoms with E-state index in [9.17, 15) is 4.79 Å². The topological polar surface area (TPSA) is 51.2 Å². The summed E-state index contributed by atoms with van der Waals surface area (Å²) in [5.74, 6) is 0.513. The van der Waals surface area contributed by atoms with E-state index in [4.69, 9.17) is 4.74 Å². The first-order chi connectivity index (χ1) is 11.2. The third kappa shape index (κ3) is 3.57. The number of anilines is 1. The number of aromatic nitrogens is 1. The molecular formula is C18H16N2O2S. The van der Waals surface area contributed by atoms with Gasteiger partial charge in [-0.05, 0) is 36.8 Å². The van der Waals surface area contributed by atoms with Crippen LogP contribution < -0.4 is 10.1 Å². The van der Waals surface area contributed by atoms with E-state index in [-0.39, 0.29) is 5.91 Å². The van der Waals surface area contributed by atoms with E-state index in [0.29, 0.717) is 5.13 Å². The summed E-state index contributed by atoms with van der Waals surface area (Å²) in [6.45, 7) is 2.04. The molecule has 1 N–H and O–H groups in total. The molecule has 1 heterocycles. The quantitative estimate of drug-likeness (QED) is 0.729. The molecule has 4 nitrogen and oxygen atoms in total. The van der Waals surface area contributed by atoms with Gasteiger partial charge in [0.2, 0.25) is 5.91 Å². The third-order valence-corrected chi connectivity index (χ3v) is 4.26. The van der Waals surface area contributed by atoms with Crippen molar-refractivity contribution in [1.82, 2.24) is 4.98 Å². The predicted molar refractivity (Wildman–Crippen MR) is 95.0 cm³/mol. The lowest BCUT2D eigenvalue weighted by Crippen LogP contribution is -2.07. The van der Waals surface area contributed by atoms with Gasteiger partial charge >= 0.3 is 0 Å². The molecule has 2 aromatic carbocycles. The number of amides is 1. The van der Waals surface area contributed by atoms with E-state index in [1.165, 1.54) is 23.0 Å². The molecule has 0 aliphatic carbocycles. The number of benzene rings is 2. The van der Waals surface area contributed by atoms with Gasteiger partial charge in [0.05, 0.1) is 17.3 Å². The summed E-state index contributed by atoms with van der Waals surface area (Å²) in [6.07, 6.45) is 3.21. The van der Waals surface area contributed by atoms with Crippen LogP contribution in [0.1, 0.15) is 11.1 Å². The van der Waals surface area contributed by atoms with Gasteiger partial charge in [0.15, 0.2) is 5.13 Å². The largest absolute Gasteiger partial charge is 0.496 e. The van der Waals surface area contributed by atoms with Gasteiger partial charge in [0, 0.05) is 11.6 Å². The minimum absolute atomic E-state index is 0.216. The SMILES string of the molecule is COc1ccccc1C=CC(=O)Nc1nc2ccc(C)cc2s1. The maximum atomic E-state index is 12.1. The zero-order chi connectivity index (χ0) is 16.2. The van der Waals surface area contributed by atoms with Crippen LogP contribution in [-0.2, 0) is 4.79 Å². The number of hydrogen-bond acceptors (Lipinski definition) is 4. The molecule has 3 aromatic rings. The number of carbonyl (C=O) groups is 1. The highest BCUT2D eigenvalue weighted by atomic mass is 32.1. The zero-order valence-corrected chi connectivity index (χ0v) is 13.7. The van der Waals surface area contributed by atoms with E-state index < -0.39 is 0 Å². The zero-order valence-electron chi connectivity index (χ0n) is 12.9. The first-order valence-electron chi connectivity index (χ1n) is 7.15. The average molecular weight is 324 g/mol. The summed E-state index contributed by atoms with van der Waals surface area (Å²) in [5.41, 5.74) is 2.92. The molecule has 0 fully saturated rings. The summed E-state index contributed by atoms with van der Waals surface area (Å²) < 4.78 is 6.32. The van der Waals surface area contributed by atoms with Crippen LogP contribution in [0.3, 0.4) is 0 Å². The number of fused-ring (bicyclic) bond motifs is 1. The monoisotopic (exact) mass is 324 g/mol. The Labute approximate surface area is 138 Å². The van der Waals surface area contributed by atoms with E-state index >= 15 is 0 Å². The molecule has 0 bridgehead atoms. The Balaban J connectivity index is 1.74. The number of para-hydroxylation sites is 1. The summed E-state index contributed by atoms with van der Waals surface area (Å²) in [6, 6.07) is 13.6. The molecule has 1 amide bonds. The van der Waals surface area contributed by atoms with Gasteiger partial charge in [-0.15, -0.1) is 0 Å². The van der Waals surface area contributed by atoms with Crippen molar-refractivity contribution in [2.75, 3.05) is 12.4 Å². The smallest absolute Gasteiger partial charge is 0.250 e. The normalized spacial score (nSPS) is 11.0. The Morgan fingerprint density at radius 2 is 2.09 bits per heavy atom. The highest BCUT2D eigenvalue weighted by Gasteiger charge is 2.06. The number of hydrogen-bond donors (Lipinski definition) is 1. The molecule has 0 saturated carbocycles. The van der Waals surface area contributed by atoms with Gasteiger partial charge in [-0.25, -0.2) is 4.98 Å². The number of rotatable bonds is 4. The Hall–Kier alpha value is -2.66. The van der Waals surface area contributed by atoms with Crippen LogP contribution in [-0.4, -0.2) is 18.0 Å². The van der Waals surface area contributed by atoms with Crippen molar-refractivity contribution < 1.29 is 9.53 Å². The van der Waals surface area contributed by atoms with Crippen LogP contribution in [0.5, 0.6) is 5.75 Å². The number of carbonyl (C=O) groups excluding carboxylic acids is 1. The summed E-state index contributed by atoms with van der Waals surface area (Å²) in [5, 5.41) is 3.40. The Kier molecular flexibility index (Phi) is 4.39. The molecule has 0 atom stereocenters. The van der Waals surface area contributed by atoms with Crippen LogP contribution in [0.25, 0.3) is 16.3 Å². The Morgan fingerprint density at radius 1 is 1.26 bits per heavy atom. The second-order valence-electron chi connectivity index (χ2n) is 5.05. The molecular weight excluding hydrogens is 308 g/mol. The number of aryl methyl sites for hydroxylation is 1. The lowest BCUT2D eigenvalue weighted by molar-refractivity contribution is -0.111. The van der Waals surface area contributed by atoms with Gasteiger partial charge in [-0.2, -0.15) is 0 Å². The van der Waals surface area contributed by atoms with Gasteiger partial charge in [0.25, 0.3) is 0 Å². The maximum absolute atomic E-state index is 12.1. The summed E-state index contributed by atoms with van der Waals surface area (Å²) >= 11 is 1.47. The van der Waals surface area contributed by atoms with Gasteiger partial charge in [-0.1, -0.05) is 35.6 Å². The summed E-state index contributed by atoms with van der Waals surface area (Å²) in [4.78, 5) is 16.5. The van der Waals surface area contributed by atoms with Crippen LogP contribution >= 0.6 is 11.3 Å². The van der Waals surface area contributed by atoms with Crippen molar-refractivity contribution in [3.05, 3.63) is 59.7 Å². The van der Waals surface area contributed by atoms with E-state index in [1.807, 2.05) is 43.3 Å². The van der Waals surface area contributed by atoms with Crippen molar-refractivity contribution in [2.24, 2.45) is 0 Å². The molecule has 0 aliphatic rings. The molecule has 3 rings (SSSR count). The van der Waals surface area contributed by atoms with Crippen LogP contribution in [0, 0.1) is 6.92 Å². The maximum Gasteiger partial charge on any atom is 0.250 e. The number of nitrogens with one attached hydrogen (secondary N) is 1. The lowest BCUT2D eigenvalue weighted by atomic mass is 10.2. The fourth-order valence-corrected chi connectivity index (χ4v) is 3.17. The molecule has 1 aromatic heterocycles. The molecule has 23 heavy (non-hydrogen) atoms. The van der Waals surface area contributed by atoms with Gasteiger partial charge in [0.1, 0.15) is 5.75 Å². The lowest BCUT2D eigenvalue weighted by Gasteiger charge is -2.03. The van der Waals surface area contributed by atoms with Crippen molar-refractivity contribution in [2.45, 2.75) is 6.92 Å². The van der Waals surface area contributed by atoms with Crippen molar-refractivity contribution in [3.63, 3.8) is 0 Å². The van der Waals surface area contributed by atoms with Crippen LogP contribution in [0.15, 0.2) is 48.5 Å². The second-order valence-corrected chi connectivity index (χ2v) is 6.09. The van der Waals surface area contributed by atoms with E-state index in [0.717, 1.165) is 21.5 Å². The second kappa shape index (κ2) is 6.62. The Bertz CT molecular complexity index is 884. The fourth-order valence-electron chi connectivity index (χ4n) is 2.20. The van der Waals surface area contributed by atoms with E-state index in [1.54, 1.807) is 13.2 Å². The molecule has 0 radical (unpaired) electrons. The van der Waals surface area contributed by atoms with Crippen molar-refractivity contribution in [1.29, 1.82) is 0 Å². The van der Waals surface area contributed by atoms with Crippen LogP contribution in [0.4, 0.5) is 5.13 Å². The van der Waals surface area contributed by atoms with E-state index in [2.05, 4.69) is 16.4 Å². The first kappa shape index (κ1) is 15.2. The highest BCUT2D eigenvalue weighted by molar-refractivity contribution is 7.22. The highest BCUT2D eigenvalue weighted by Crippen LogP contribution is 2.26. The minimum atomic E-state index is -0.216. The van der Waals surface area contributed by atoms with Crippen molar-refractivity contribution >= 4 is 38.7 Å².